The Morgan fingerprint density at radius 2 is 0.846 bits per heavy atom. The number of aliphatic hydroxyl groups excluding tert-OH is 3. The van der Waals surface area contributed by atoms with Crippen LogP contribution in [0.1, 0.15) is 13.8 Å². The molecule has 0 unspecified atom stereocenters. The number of hydrogen-bond donors (Lipinski definition) is 3. The van der Waals surface area contributed by atoms with Gasteiger partial charge in [-0.25, -0.2) is 0 Å². The minimum absolute atomic E-state index is 0. The smallest absolute Gasteiger partial charge is 0.0319 e. The SMILES string of the molecule is CO.CO.CO.O.[CH2-]C(C)C.[SiH4].[Ti]. The largest absolute Gasteiger partial charge is 0.412 e. The van der Waals surface area contributed by atoms with Gasteiger partial charge in [0.1, 0.15) is 0 Å². The predicted molar refractivity (Wildman–Crippen MR) is 59.6 cm³/mol. The first-order valence-electron chi connectivity index (χ1n) is 2.90. The Morgan fingerprint density at radius 3 is 0.846 bits per heavy atom. The van der Waals surface area contributed by atoms with Crippen LogP contribution in [0.5, 0.6) is 0 Å². The molecule has 0 heterocycles. The van der Waals surface area contributed by atoms with Crippen molar-refractivity contribution >= 4 is 11.0 Å². The molecule has 0 saturated carbocycles. The molecule has 0 spiro atoms. The molecule has 0 aromatic carbocycles. The average molecular weight is 251 g/mol. The molecule has 0 bridgehead atoms. The molecule has 0 atom stereocenters. The molecule has 0 fully saturated rings. The zero-order valence-corrected chi connectivity index (χ0v) is 10.2. The second-order valence-corrected chi connectivity index (χ2v) is 1.39. The summed E-state index contributed by atoms with van der Waals surface area (Å²) in [4.78, 5) is 0. The van der Waals surface area contributed by atoms with Crippen molar-refractivity contribution < 1.29 is 42.5 Å². The third-order valence-electron chi connectivity index (χ3n) is 0. The van der Waals surface area contributed by atoms with Gasteiger partial charge in [0.2, 0.25) is 0 Å². The van der Waals surface area contributed by atoms with E-state index >= 15 is 0 Å². The van der Waals surface area contributed by atoms with Gasteiger partial charge in [-0.15, -0.1) is 0 Å². The normalized spacial score (nSPS) is 4.15. The van der Waals surface area contributed by atoms with Crippen LogP contribution in [0.4, 0.5) is 0 Å². The topological polar surface area (TPSA) is 92.2 Å². The molecular formula is C7H27O4SiTi-. The molecule has 88 valence electrons. The molecule has 4 nitrogen and oxygen atoms in total. The molecule has 5 N–H and O–H groups in total. The van der Waals surface area contributed by atoms with Crippen molar-refractivity contribution in [1.29, 1.82) is 0 Å². The first-order valence-corrected chi connectivity index (χ1v) is 2.90. The van der Waals surface area contributed by atoms with E-state index in [4.69, 9.17) is 15.3 Å². The molecule has 0 aliphatic rings. The van der Waals surface area contributed by atoms with Crippen LogP contribution < -0.4 is 0 Å². The summed E-state index contributed by atoms with van der Waals surface area (Å²) in [5, 5.41) is 21.0. The molecule has 0 aromatic heterocycles. The number of rotatable bonds is 0. The van der Waals surface area contributed by atoms with Crippen LogP contribution in [0.2, 0.25) is 0 Å². The van der Waals surface area contributed by atoms with Crippen LogP contribution in [0, 0.1) is 12.8 Å². The number of aliphatic hydroxyl groups is 3. The van der Waals surface area contributed by atoms with Gasteiger partial charge in [0.15, 0.2) is 0 Å². The van der Waals surface area contributed by atoms with Gasteiger partial charge >= 0.3 is 0 Å². The zero-order valence-electron chi connectivity index (χ0n) is 8.63. The third-order valence-corrected chi connectivity index (χ3v) is 0. The van der Waals surface area contributed by atoms with Gasteiger partial charge in [0.25, 0.3) is 0 Å². The Balaban J connectivity index is -0.00000000727. The fourth-order valence-electron chi connectivity index (χ4n) is 0. The summed E-state index contributed by atoms with van der Waals surface area (Å²) >= 11 is 0. The molecule has 13 heavy (non-hydrogen) atoms. The van der Waals surface area contributed by atoms with Crippen molar-refractivity contribution in [3.63, 3.8) is 0 Å². The summed E-state index contributed by atoms with van der Waals surface area (Å²) in [5.41, 5.74) is 0. The Morgan fingerprint density at radius 1 is 0.846 bits per heavy atom. The van der Waals surface area contributed by atoms with Gasteiger partial charge in [-0.1, -0.05) is 13.8 Å². The van der Waals surface area contributed by atoms with E-state index in [9.17, 15) is 0 Å². The summed E-state index contributed by atoms with van der Waals surface area (Å²) in [6, 6.07) is 0. The fraction of sp³-hybridized carbons (Fsp3) is 0.857. The summed E-state index contributed by atoms with van der Waals surface area (Å²) in [5.74, 6) is 0.583. The van der Waals surface area contributed by atoms with Gasteiger partial charge in [-0.2, -0.15) is 5.92 Å². The van der Waals surface area contributed by atoms with E-state index in [0.717, 1.165) is 21.3 Å². The van der Waals surface area contributed by atoms with Crippen molar-refractivity contribution in [2.45, 2.75) is 13.8 Å². The Hall–Kier alpha value is 0.771. The molecule has 0 aliphatic carbocycles. The quantitative estimate of drug-likeness (QED) is 0.344. The minimum Gasteiger partial charge on any atom is -0.412 e. The Kier molecular flexibility index (Phi) is 469. The maximum absolute atomic E-state index is 7.00. The van der Waals surface area contributed by atoms with E-state index < -0.39 is 0 Å². The minimum atomic E-state index is 0. The van der Waals surface area contributed by atoms with Crippen LogP contribution in [0.25, 0.3) is 0 Å². The van der Waals surface area contributed by atoms with Gasteiger partial charge < -0.3 is 27.7 Å². The Labute approximate surface area is 102 Å². The van der Waals surface area contributed by atoms with Crippen LogP contribution in [-0.4, -0.2) is 53.1 Å². The van der Waals surface area contributed by atoms with E-state index in [1.54, 1.807) is 0 Å². The van der Waals surface area contributed by atoms with Crippen molar-refractivity contribution in [2.75, 3.05) is 21.3 Å². The molecule has 0 rings (SSSR count). The fourth-order valence-corrected chi connectivity index (χ4v) is 0. The maximum Gasteiger partial charge on any atom is 0.0319 e. The van der Waals surface area contributed by atoms with Crippen LogP contribution in [-0.2, 0) is 21.7 Å². The van der Waals surface area contributed by atoms with E-state index in [-0.39, 0.29) is 38.2 Å². The van der Waals surface area contributed by atoms with E-state index in [0.29, 0.717) is 5.92 Å². The van der Waals surface area contributed by atoms with E-state index in [1.165, 1.54) is 0 Å². The monoisotopic (exact) mass is 251 g/mol. The molecule has 0 aliphatic heterocycles. The molecule has 0 radical (unpaired) electrons. The number of hydrogen-bond acceptors (Lipinski definition) is 3. The summed E-state index contributed by atoms with van der Waals surface area (Å²) < 4.78 is 0. The van der Waals surface area contributed by atoms with Crippen LogP contribution >= 0.6 is 0 Å². The molecule has 0 amide bonds. The van der Waals surface area contributed by atoms with Gasteiger partial charge in [-0.3, -0.25) is 0 Å². The zero-order chi connectivity index (χ0) is 9.58. The van der Waals surface area contributed by atoms with Crippen molar-refractivity contribution in [3.8, 4) is 0 Å². The summed E-state index contributed by atoms with van der Waals surface area (Å²) in [7, 11) is 3.00. The Bertz CT molecular complexity index is 25.2. The molecule has 6 heteroatoms. The van der Waals surface area contributed by atoms with Gasteiger partial charge in [-0.05, 0) is 11.0 Å². The molecular weight excluding hydrogens is 224 g/mol. The van der Waals surface area contributed by atoms with Gasteiger partial charge in [0.05, 0.1) is 0 Å². The summed E-state index contributed by atoms with van der Waals surface area (Å²) in [6.07, 6.45) is 0. The van der Waals surface area contributed by atoms with E-state index in [2.05, 4.69) is 20.8 Å². The van der Waals surface area contributed by atoms with Crippen molar-refractivity contribution in [1.82, 2.24) is 0 Å². The average Bonchev–Trinajstić information content (AvgIpc) is 1.98. The van der Waals surface area contributed by atoms with E-state index in [1.807, 2.05) is 0 Å². The van der Waals surface area contributed by atoms with Crippen LogP contribution in [0.15, 0.2) is 0 Å². The second kappa shape index (κ2) is 124. The third kappa shape index (κ3) is 2490. The van der Waals surface area contributed by atoms with Crippen molar-refractivity contribution in [3.05, 3.63) is 6.92 Å². The van der Waals surface area contributed by atoms with Crippen LogP contribution in [0.3, 0.4) is 0 Å². The molecule has 0 saturated heterocycles. The first-order chi connectivity index (χ1) is 4.73. The standard InChI is InChI=1S/C4H9.3CH4O.H2O.H4Si.Ti/c1-4(2)3;3*1-2;;;/h4H,1H2,2-3H3;3*2H,1H3;1H2;1H4;/q-1;;;;;;. The van der Waals surface area contributed by atoms with Gasteiger partial charge in [0, 0.05) is 43.0 Å². The van der Waals surface area contributed by atoms with Crippen molar-refractivity contribution in [2.24, 2.45) is 5.92 Å². The maximum atomic E-state index is 7.00. The molecule has 0 aromatic rings. The predicted octanol–water partition coefficient (Wildman–Crippen LogP) is -1.98. The summed E-state index contributed by atoms with van der Waals surface area (Å²) in [6.45, 7) is 7.75. The first kappa shape index (κ1) is 49.0. The second-order valence-electron chi connectivity index (χ2n) is 1.39.